The molecule has 9 nitrogen and oxygen atoms in total. The fraction of sp³-hybridized carbons (Fsp3) is 0.389. The number of H-pyrrole nitrogens is 1. The molecule has 0 bridgehead atoms. The van der Waals surface area contributed by atoms with Crippen LogP contribution in [0.25, 0.3) is 5.95 Å². The van der Waals surface area contributed by atoms with E-state index >= 15 is 0 Å². The number of hydrogen-bond donors (Lipinski definition) is 2. The van der Waals surface area contributed by atoms with E-state index in [2.05, 4.69) is 25.5 Å². The molecule has 3 rings (SSSR count). The zero-order chi connectivity index (χ0) is 19.9. The molecular weight excluding hydrogens is 348 g/mol. The molecule has 0 saturated carbocycles. The maximum atomic E-state index is 12.5. The number of aromatic nitrogens is 5. The molecule has 0 aliphatic carbocycles. The number of aryl methyl sites for hydroxylation is 2. The molecule has 0 fully saturated rings. The van der Waals surface area contributed by atoms with Gasteiger partial charge in [0.15, 0.2) is 5.69 Å². The smallest absolute Gasteiger partial charge is 0.279 e. The maximum absolute atomic E-state index is 12.5. The largest absolute Gasteiger partial charge is 0.361 e. The van der Waals surface area contributed by atoms with Crippen LogP contribution >= 0.6 is 0 Å². The molecule has 27 heavy (non-hydrogen) atoms. The first-order chi connectivity index (χ1) is 12.6. The second-order valence-corrected chi connectivity index (χ2v) is 7.45. The Morgan fingerprint density at radius 2 is 1.93 bits per heavy atom. The highest BCUT2D eigenvalue weighted by Gasteiger charge is 2.23. The summed E-state index contributed by atoms with van der Waals surface area (Å²) in [6.07, 6.45) is 0. The van der Waals surface area contributed by atoms with Crippen molar-refractivity contribution in [2.45, 2.75) is 47.0 Å². The molecule has 0 atom stereocenters. The second-order valence-electron chi connectivity index (χ2n) is 7.45. The lowest BCUT2D eigenvalue weighted by Gasteiger charge is -2.14. The third kappa shape index (κ3) is 3.67. The molecule has 2 N–H and O–H groups in total. The second kappa shape index (κ2) is 6.49. The number of rotatable bonds is 3. The van der Waals surface area contributed by atoms with Crippen LogP contribution in [0.2, 0.25) is 0 Å². The van der Waals surface area contributed by atoms with Gasteiger partial charge in [-0.1, -0.05) is 25.9 Å². The molecule has 3 aromatic heterocycles. The van der Waals surface area contributed by atoms with Gasteiger partial charge in [0.05, 0.1) is 5.69 Å². The van der Waals surface area contributed by atoms with Crippen molar-refractivity contribution in [1.29, 1.82) is 0 Å². The molecule has 0 spiro atoms. The quantitative estimate of drug-likeness (QED) is 0.731. The topological polar surface area (TPSA) is 119 Å². The maximum Gasteiger partial charge on any atom is 0.279 e. The zero-order valence-electron chi connectivity index (χ0n) is 16.2. The van der Waals surface area contributed by atoms with Crippen LogP contribution in [0.1, 0.15) is 54.0 Å². The van der Waals surface area contributed by atoms with Crippen molar-refractivity contribution in [3.05, 3.63) is 50.9 Å². The highest BCUT2D eigenvalue weighted by Crippen LogP contribution is 2.25. The first-order valence-electron chi connectivity index (χ1n) is 8.49. The summed E-state index contributed by atoms with van der Waals surface area (Å²) in [5.41, 5.74) is 1.48. The van der Waals surface area contributed by atoms with Crippen molar-refractivity contribution < 1.29 is 9.32 Å². The fourth-order valence-corrected chi connectivity index (χ4v) is 2.38. The van der Waals surface area contributed by atoms with Crippen molar-refractivity contribution in [3.8, 4) is 5.95 Å². The third-order valence-electron chi connectivity index (χ3n) is 4.16. The monoisotopic (exact) mass is 370 g/mol. The van der Waals surface area contributed by atoms with E-state index in [-0.39, 0.29) is 22.6 Å². The first kappa shape index (κ1) is 18.6. The number of carbonyl (C=O) groups is 1. The van der Waals surface area contributed by atoms with Crippen molar-refractivity contribution in [2.24, 2.45) is 0 Å². The van der Waals surface area contributed by atoms with Crippen LogP contribution in [0.4, 0.5) is 5.82 Å². The Labute approximate surface area is 155 Å². The Balaban J connectivity index is 2.09. The van der Waals surface area contributed by atoms with Crippen molar-refractivity contribution in [1.82, 2.24) is 24.9 Å². The van der Waals surface area contributed by atoms with Gasteiger partial charge in [0.1, 0.15) is 11.6 Å². The van der Waals surface area contributed by atoms with Gasteiger partial charge in [-0.3, -0.25) is 14.6 Å². The van der Waals surface area contributed by atoms with Gasteiger partial charge in [-0.15, -0.1) is 0 Å². The summed E-state index contributed by atoms with van der Waals surface area (Å²) in [6, 6.07) is 3.29. The summed E-state index contributed by atoms with van der Waals surface area (Å²) in [5.74, 6) is 0.686. The summed E-state index contributed by atoms with van der Waals surface area (Å²) in [4.78, 5) is 31.7. The van der Waals surface area contributed by atoms with Crippen molar-refractivity contribution in [2.75, 3.05) is 5.32 Å². The number of hydrogen-bond acceptors (Lipinski definition) is 6. The van der Waals surface area contributed by atoms with Gasteiger partial charge in [-0.2, -0.15) is 9.78 Å². The van der Waals surface area contributed by atoms with Crippen LogP contribution in [-0.4, -0.2) is 30.8 Å². The van der Waals surface area contributed by atoms with Crippen molar-refractivity contribution in [3.63, 3.8) is 0 Å². The molecule has 142 valence electrons. The lowest BCUT2D eigenvalue weighted by atomic mass is 9.92. The van der Waals surface area contributed by atoms with E-state index in [1.807, 2.05) is 20.8 Å². The third-order valence-corrected chi connectivity index (χ3v) is 4.16. The number of nitrogens with one attached hydrogen (secondary N) is 2. The number of nitrogens with zero attached hydrogens (tertiary/aromatic N) is 4. The SMILES string of the molecule is Cc1cc(C(=O)Nc2cc(C(C)(C)C)nn2-c2nc(C)c(C)c(=O)[nH]2)no1. The Bertz CT molecular complexity index is 1070. The van der Waals surface area contributed by atoms with Gasteiger partial charge in [0.25, 0.3) is 11.5 Å². The van der Waals surface area contributed by atoms with Gasteiger partial charge in [-0.25, -0.2) is 4.98 Å². The molecule has 0 aliphatic heterocycles. The Morgan fingerprint density at radius 3 is 2.48 bits per heavy atom. The van der Waals surface area contributed by atoms with Crippen LogP contribution in [0, 0.1) is 20.8 Å². The van der Waals surface area contributed by atoms with E-state index in [0.29, 0.717) is 22.8 Å². The zero-order valence-corrected chi connectivity index (χ0v) is 16.2. The van der Waals surface area contributed by atoms with Gasteiger partial charge in [0.2, 0.25) is 5.95 Å². The molecule has 0 radical (unpaired) electrons. The molecule has 3 aromatic rings. The predicted molar refractivity (Wildman–Crippen MR) is 99.3 cm³/mol. The lowest BCUT2D eigenvalue weighted by molar-refractivity contribution is 0.101. The molecule has 1 amide bonds. The lowest BCUT2D eigenvalue weighted by Crippen LogP contribution is -2.21. The average molecular weight is 370 g/mol. The van der Waals surface area contributed by atoms with E-state index in [9.17, 15) is 9.59 Å². The fourth-order valence-electron chi connectivity index (χ4n) is 2.38. The summed E-state index contributed by atoms with van der Waals surface area (Å²) in [5, 5.41) is 11.0. The highest BCUT2D eigenvalue weighted by atomic mass is 16.5. The molecule has 0 unspecified atom stereocenters. The Kier molecular flexibility index (Phi) is 4.46. The first-order valence-corrected chi connectivity index (χ1v) is 8.49. The van der Waals surface area contributed by atoms with Crippen molar-refractivity contribution >= 4 is 11.7 Å². The summed E-state index contributed by atoms with van der Waals surface area (Å²) < 4.78 is 6.37. The van der Waals surface area contributed by atoms with Gasteiger partial charge >= 0.3 is 0 Å². The number of carbonyl (C=O) groups excluding carboxylic acids is 1. The van der Waals surface area contributed by atoms with Gasteiger partial charge < -0.3 is 9.84 Å². The van der Waals surface area contributed by atoms with Crippen LogP contribution in [0.3, 0.4) is 0 Å². The van der Waals surface area contributed by atoms with E-state index in [0.717, 1.165) is 5.69 Å². The van der Waals surface area contributed by atoms with Crippen LogP contribution < -0.4 is 10.9 Å². The summed E-state index contributed by atoms with van der Waals surface area (Å²) in [7, 11) is 0. The average Bonchev–Trinajstić information content (AvgIpc) is 3.18. The standard InChI is InChI=1S/C18H22N6O3/c1-9-7-12(23-27-9)16(26)20-14-8-13(18(4,5)6)22-24(14)17-19-11(3)10(2)15(25)21-17/h7-8H,1-6H3,(H,20,26)(H,19,21,25). The summed E-state index contributed by atoms with van der Waals surface area (Å²) in [6.45, 7) is 11.2. The number of aromatic amines is 1. The molecule has 9 heteroatoms. The minimum Gasteiger partial charge on any atom is -0.361 e. The van der Waals surface area contributed by atoms with E-state index in [1.165, 1.54) is 10.7 Å². The molecule has 0 saturated heterocycles. The predicted octanol–water partition coefficient (Wildman–Crippen LogP) is 2.42. The van der Waals surface area contributed by atoms with E-state index < -0.39 is 5.91 Å². The molecule has 0 aromatic carbocycles. The normalized spacial score (nSPS) is 11.6. The van der Waals surface area contributed by atoms with Gasteiger partial charge in [0, 0.05) is 28.8 Å². The Hall–Kier alpha value is -3.23. The van der Waals surface area contributed by atoms with Gasteiger partial charge in [-0.05, 0) is 20.8 Å². The van der Waals surface area contributed by atoms with Crippen LogP contribution in [0.15, 0.2) is 21.5 Å². The van der Waals surface area contributed by atoms with Crippen LogP contribution in [0.5, 0.6) is 0 Å². The molecule has 3 heterocycles. The molecule has 0 aliphatic rings. The minimum atomic E-state index is -0.445. The highest BCUT2D eigenvalue weighted by molar-refractivity contribution is 6.02. The minimum absolute atomic E-state index is 0.152. The number of anilines is 1. The Morgan fingerprint density at radius 1 is 1.22 bits per heavy atom. The van der Waals surface area contributed by atoms with E-state index in [4.69, 9.17) is 4.52 Å². The van der Waals surface area contributed by atoms with Crippen LogP contribution in [-0.2, 0) is 5.41 Å². The molecular formula is C18H22N6O3. The number of amides is 1. The summed E-state index contributed by atoms with van der Waals surface area (Å²) >= 11 is 0. The van der Waals surface area contributed by atoms with E-state index in [1.54, 1.807) is 26.8 Å².